The lowest BCUT2D eigenvalue weighted by atomic mass is 10.0. The molecule has 1 aliphatic rings. The van der Waals surface area contributed by atoms with E-state index in [1.54, 1.807) is 60.1 Å². The molecule has 4 rings (SSSR count). The van der Waals surface area contributed by atoms with Crippen molar-refractivity contribution < 1.29 is 19.1 Å². The molecular weight excluding hydrogens is 482 g/mol. The maximum atomic E-state index is 12.8. The van der Waals surface area contributed by atoms with Crippen LogP contribution in [0.4, 0.5) is 5.69 Å². The Morgan fingerprint density at radius 1 is 1.27 bits per heavy atom. The molecule has 1 aromatic heterocycles. The number of thiazole rings is 1. The van der Waals surface area contributed by atoms with Gasteiger partial charge in [-0.15, -0.1) is 11.3 Å². The Labute approximate surface area is 203 Å². The van der Waals surface area contributed by atoms with Crippen LogP contribution in [-0.4, -0.2) is 35.4 Å². The van der Waals surface area contributed by atoms with Crippen molar-refractivity contribution in [3.05, 3.63) is 74.5 Å². The Morgan fingerprint density at radius 2 is 2.09 bits per heavy atom. The maximum absolute atomic E-state index is 12.8. The molecule has 0 aliphatic carbocycles. The molecule has 33 heavy (non-hydrogen) atoms. The molecule has 0 bridgehead atoms. The Kier molecular flexibility index (Phi) is 7.12. The first kappa shape index (κ1) is 23.0. The molecule has 1 amide bonds. The van der Waals surface area contributed by atoms with E-state index in [0.29, 0.717) is 37.7 Å². The number of nitrogens with zero attached hydrogens (tertiary/aromatic N) is 1. The van der Waals surface area contributed by atoms with Crippen LogP contribution in [0, 0.1) is 5.41 Å². The summed E-state index contributed by atoms with van der Waals surface area (Å²) in [6, 6.07) is 12.1. The number of aromatic nitrogens is 1. The molecule has 0 radical (unpaired) electrons. The number of anilines is 1. The second-order valence-corrected chi connectivity index (χ2v) is 9.29. The molecule has 168 valence electrons. The van der Waals surface area contributed by atoms with Gasteiger partial charge in [0, 0.05) is 11.6 Å². The van der Waals surface area contributed by atoms with Gasteiger partial charge in [0.2, 0.25) is 0 Å². The summed E-state index contributed by atoms with van der Waals surface area (Å²) in [6.45, 7) is -0.233. The first-order chi connectivity index (χ1) is 16.0. The molecular formula is C23H18ClN3O4S2. The fourth-order valence-corrected chi connectivity index (χ4v) is 5.12. The van der Waals surface area contributed by atoms with Gasteiger partial charge in [-0.2, -0.15) is 0 Å². The Morgan fingerprint density at radius 3 is 2.82 bits per heavy atom. The number of para-hydroxylation sites is 1. The number of carbonyl (C=O) groups excluding carboxylic acids is 2. The maximum Gasteiger partial charge on any atom is 0.262 e. The third-order valence-electron chi connectivity index (χ3n) is 4.68. The predicted octanol–water partition coefficient (Wildman–Crippen LogP) is 5.24. The molecule has 0 unspecified atom stereocenters. The number of carbonyl (C=O) groups is 2. The van der Waals surface area contributed by atoms with Crippen molar-refractivity contribution in [2.75, 3.05) is 19.0 Å². The number of benzene rings is 2. The topological polar surface area (TPSA) is 101 Å². The smallest absolute Gasteiger partial charge is 0.262 e. The molecule has 1 aliphatic heterocycles. The second-order valence-electron chi connectivity index (χ2n) is 6.87. The summed E-state index contributed by atoms with van der Waals surface area (Å²) in [4.78, 5) is 29.7. The van der Waals surface area contributed by atoms with Crippen LogP contribution in [0.25, 0.3) is 6.08 Å². The number of nitrogens with one attached hydrogen (secondary N) is 2. The van der Waals surface area contributed by atoms with E-state index in [4.69, 9.17) is 26.5 Å². The monoisotopic (exact) mass is 499 g/mol. The predicted molar refractivity (Wildman–Crippen MR) is 132 cm³/mol. The minimum atomic E-state index is -0.637. The average Bonchev–Trinajstić information content (AvgIpc) is 3.42. The lowest BCUT2D eigenvalue weighted by Crippen LogP contribution is -2.20. The van der Waals surface area contributed by atoms with E-state index in [2.05, 4.69) is 10.3 Å². The lowest BCUT2D eigenvalue weighted by molar-refractivity contribution is -0.118. The molecule has 1 atom stereocenters. The Bertz CT molecular complexity index is 1240. The average molecular weight is 500 g/mol. The molecule has 2 heterocycles. The zero-order valence-electron chi connectivity index (χ0n) is 17.3. The number of hydrogen-bond acceptors (Lipinski definition) is 8. The van der Waals surface area contributed by atoms with Gasteiger partial charge in [0.15, 0.2) is 23.9 Å². The van der Waals surface area contributed by atoms with Gasteiger partial charge < -0.3 is 14.8 Å². The van der Waals surface area contributed by atoms with Crippen LogP contribution in [0.5, 0.6) is 11.5 Å². The van der Waals surface area contributed by atoms with Crippen molar-refractivity contribution in [1.29, 1.82) is 5.41 Å². The Hall–Kier alpha value is -3.14. The van der Waals surface area contributed by atoms with Crippen molar-refractivity contribution in [1.82, 2.24) is 4.98 Å². The summed E-state index contributed by atoms with van der Waals surface area (Å²) in [5.74, 6) is -0.349. The minimum Gasteiger partial charge on any atom is -0.493 e. The number of amides is 1. The third kappa shape index (κ3) is 5.27. The summed E-state index contributed by atoms with van der Waals surface area (Å²) < 4.78 is 11.0. The van der Waals surface area contributed by atoms with Gasteiger partial charge in [-0.1, -0.05) is 41.6 Å². The second kappa shape index (κ2) is 10.2. The number of rotatable bonds is 7. The fraction of sp³-hybridized carbons (Fsp3) is 0.130. The molecule has 3 aromatic rings. The van der Waals surface area contributed by atoms with E-state index >= 15 is 0 Å². The van der Waals surface area contributed by atoms with Gasteiger partial charge in [-0.3, -0.25) is 15.0 Å². The van der Waals surface area contributed by atoms with Gasteiger partial charge in [0.25, 0.3) is 5.91 Å². The molecule has 10 heteroatoms. The molecule has 1 fully saturated rings. The summed E-state index contributed by atoms with van der Waals surface area (Å²) >= 11 is 8.55. The van der Waals surface area contributed by atoms with Crippen molar-refractivity contribution in [2.24, 2.45) is 0 Å². The van der Waals surface area contributed by atoms with Crippen molar-refractivity contribution in [2.45, 2.75) is 5.92 Å². The first-order valence-electron chi connectivity index (χ1n) is 9.73. The van der Waals surface area contributed by atoms with Crippen LogP contribution in [0.1, 0.15) is 16.5 Å². The Balaban J connectivity index is 1.45. The molecule has 2 N–H and O–H groups in total. The van der Waals surface area contributed by atoms with Crippen LogP contribution in [-0.2, 0) is 9.59 Å². The highest BCUT2D eigenvalue weighted by atomic mass is 35.5. The zero-order chi connectivity index (χ0) is 23.4. The number of thioether (sulfide) groups is 1. The fourth-order valence-electron chi connectivity index (χ4n) is 3.13. The molecule has 2 aromatic carbocycles. The number of allylic oxidation sites excluding steroid dienone is 1. The number of Topliss-reactive ketones (excluding diaryl/α,β-unsaturated/α-hetero) is 1. The summed E-state index contributed by atoms with van der Waals surface area (Å²) in [7, 11) is 1.49. The van der Waals surface area contributed by atoms with E-state index in [9.17, 15) is 9.59 Å². The molecule has 1 saturated heterocycles. The molecule has 7 nitrogen and oxygen atoms in total. The largest absolute Gasteiger partial charge is 0.493 e. The van der Waals surface area contributed by atoms with E-state index < -0.39 is 5.92 Å². The van der Waals surface area contributed by atoms with Gasteiger partial charge in [-0.05, 0) is 35.9 Å². The molecule has 0 saturated carbocycles. The summed E-state index contributed by atoms with van der Waals surface area (Å²) in [6.07, 6.45) is 3.34. The SMILES string of the molecule is COc1cc(/C=C2\SC(=N)[C@@H](c3nccs3)C2=O)ccc1OCC(=O)Nc1ccccc1Cl. The first-order valence-corrected chi connectivity index (χ1v) is 11.8. The van der Waals surface area contributed by atoms with Gasteiger partial charge >= 0.3 is 0 Å². The minimum absolute atomic E-state index is 0.143. The van der Waals surface area contributed by atoms with E-state index in [1.165, 1.54) is 18.4 Å². The summed E-state index contributed by atoms with van der Waals surface area (Å²) in [5, 5.41) is 14.0. The summed E-state index contributed by atoms with van der Waals surface area (Å²) in [5.41, 5.74) is 1.21. The van der Waals surface area contributed by atoms with Crippen LogP contribution < -0.4 is 14.8 Å². The van der Waals surface area contributed by atoms with Crippen LogP contribution in [0.15, 0.2) is 58.9 Å². The highest BCUT2D eigenvalue weighted by molar-refractivity contribution is 8.19. The number of ether oxygens (including phenoxy) is 2. The van der Waals surface area contributed by atoms with Crippen LogP contribution in [0.2, 0.25) is 5.02 Å². The standard InChI is InChI=1S/C23H18ClN3O4S2/c1-30-17-10-13(11-18-21(29)20(22(25)33-18)23-26-8-9-32-23)6-7-16(17)31-12-19(28)27-15-5-3-2-4-14(15)24/h2-11,20,25H,12H2,1H3,(H,27,28)/b18-11-,25-22?/t20-/m0/s1. The van der Waals surface area contributed by atoms with Crippen LogP contribution >= 0.6 is 34.7 Å². The molecule has 0 spiro atoms. The lowest BCUT2D eigenvalue weighted by Gasteiger charge is -2.12. The van der Waals surface area contributed by atoms with E-state index in [-0.39, 0.29) is 23.3 Å². The third-order valence-corrected chi connectivity index (χ3v) is 6.84. The van der Waals surface area contributed by atoms with Crippen molar-refractivity contribution in [3.63, 3.8) is 0 Å². The quantitative estimate of drug-likeness (QED) is 0.431. The van der Waals surface area contributed by atoms with E-state index in [1.807, 2.05) is 0 Å². The highest BCUT2D eigenvalue weighted by Gasteiger charge is 2.38. The van der Waals surface area contributed by atoms with Crippen molar-refractivity contribution >= 4 is 63.2 Å². The van der Waals surface area contributed by atoms with Gasteiger partial charge in [-0.25, -0.2) is 4.98 Å². The van der Waals surface area contributed by atoms with Crippen molar-refractivity contribution in [3.8, 4) is 11.5 Å². The number of ketones is 1. The number of halogens is 1. The van der Waals surface area contributed by atoms with Crippen LogP contribution in [0.3, 0.4) is 0 Å². The number of methoxy groups -OCH3 is 1. The van der Waals surface area contributed by atoms with Gasteiger partial charge in [0.05, 0.1) is 27.8 Å². The highest BCUT2D eigenvalue weighted by Crippen LogP contribution is 2.41. The van der Waals surface area contributed by atoms with Gasteiger partial charge in [0.1, 0.15) is 10.9 Å². The number of hydrogen-bond donors (Lipinski definition) is 2. The van der Waals surface area contributed by atoms with E-state index in [0.717, 1.165) is 11.8 Å². The normalized spacial score (nSPS) is 16.8. The zero-order valence-corrected chi connectivity index (χ0v) is 19.7.